The molecular formula is C18H16F2N2O5S. The number of amides is 1. The summed E-state index contributed by atoms with van der Waals surface area (Å²) in [4.78, 5) is 23.9. The summed E-state index contributed by atoms with van der Waals surface area (Å²) < 4.78 is 55.6. The first kappa shape index (κ1) is 19.7. The lowest BCUT2D eigenvalue weighted by Crippen LogP contribution is -2.27. The lowest BCUT2D eigenvalue weighted by atomic mass is 10.1. The number of nitrogens with zero attached hydrogens (tertiary/aromatic N) is 1. The number of fused-ring (bicyclic) bond motifs is 1. The van der Waals surface area contributed by atoms with Crippen LogP contribution >= 0.6 is 0 Å². The Morgan fingerprint density at radius 1 is 1.14 bits per heavy atom. The van der Waals surface area contributed by atoms with Crippen LogP contribution in [-0.2, 0) is 26.0 Å². The van der Waals surface area contributed by atoms with E-state index in [1.807, 2.05) is 0 Å². The van der Waals surface area contributed by atoms with Crippen molar-refractivity contribution in [2.75, 3.05) is 29.0 Å². The molecule has 10 heteroatoms. The largest absolute Gasteiger partial charge is 0.452 e. The number of hydrogen-bond donors (Lipinski definition) is 1. The topological polar surface area (TPSA) is 92.8 Å². The summed E-state index contributed by atoms with van der Waals surface area (Å²) in [7, 11) is -3.39. The van der Waals surface area contributed by atoms with E-state index in [-0.39, 0.29) is 11.3 Å². The van der Waals surface area contributed by atoms with Crippen LogP contribution in [0.4, 0.5) is 20.2 Å². The van der Waals surface area contributed by atoms with Gasteiger partial charge in [-0.05, 0) is 42.3 Å². The minimum atomic E-state index is -3.39. The van der Waals surface area contributed by atoms with Crippen molar-refractivity contribution >= 4 is 33.3 Å². The first-order chi connectivity index (χ1) is 13.1. The van der Waals surface area contributed by atoms with Gasteiger partial charge in [0, 0.05) is 18.3 Å². The van der Waals surface area contributed by atoms with Gasteiger partial charge in [-0.15, -0.1) is 0 Å². The molecular weight excluding hydrogens is 394 g/mol. The van der Waals surface area contributed by atoms with E-state index < -0.39 is 40.1 Å². The fraction of sp³-hybridized carbons (Fsp3) is 0.222. The Hall–Kier alpha value is -3.01. The predicted molar refractivity (Wildman–Crippen MR) is 97.6 cm³/mol. The number of esters is 1. The molecule has 0 atom stereocenters. The summed E-state index contributed by atoms with van der Waals surface area (Å²) in [5, 5.41) is 2.28. The third-order valence-corrected chi connectivity index (χ3v) is 5.29. The van der Waals surface area contributed by atoms with Crippen molar-refractivity contribution in [3.8, 4) is 0 Å². The zero-order chi connectivity index (χ0) is 20.5. The van der Waals surface area contributed by atoms with E-state index in [1.54, 1.807) is 0 Å². The van der Waals surface area contributed by atoms with Crippen molar-refractivity contribution in [2.24, 2.45) is 0 Å². The number of hydrogen-bond acceptors (Lipinski definition) is 5. The van der Waals surface area contributed by atoms with Crippen molar-refractivity contribution < 1.29 is 31.5 Å². The van der Waals surface area contributed by atoms with Crippen LogP contribution in [0.1, 0.15) is 15.9 Å². The van der Waals surface area contributed by atoms with Crippen molar-refractivity contribution in [1.29, 1.82) is 0 Å². The van der Waals surface area contributed by atoms with Gasteiger partial charge in [0.25, 0.3) is 5.91 Å². The Balaban J connectivity index is 1.61. The van der Waals surface area contributed by atoms with E-state index in [9.17, 15) is 26.8 Å². The zero-order valence-electron chi connectivity index (χ0n) is 14.7. The molecule has 0 bridgehead atoms. The van der Waals surface area contributed by atoms with Gasteiger partial charge < -0.3 is 10.1 Å². The summed E-state index contributed by atoms with van der Waals surface area (Å²) in [5.41, 5.74) is 1.40. The highest BCUT2D eigenvalue weighted by Crippen LogP contribution is 2.30. The van der Waals surface area contributed by atoms with Crippen LogP contribution in [0.2, 0.25) is 0 Å². The summed E-state index contributed by atoms with van der Waals surface area (Å²) in [6, 6.07) is 7.30. The van der Waals surface area contributed by atoms with E-state index in [4.69, 9.17) is 4.74 Å². The maximum atomic E-state index is 13.1. The molecule has 1 N–H and O–H groups in total. The van der Waals surface area contributed by atoms with Gasteiger partial charge in [0.05, 0.1) is 17.5 Å². The molecule has 1 amide bonds. The number of nitrogens with one attached hydrogen (secondary N) is 1. The number of anilines is 2. The second-order valence-corrected chi connectivity index (χ2v) is 8.09. The number of carbonyl (C=O) groups is 2. The number of ether oxygens (including phenoxy) is 1. The second-order valence-electron chi connectivity index (χ2n) is 6.18. The summed E-state index contributed by atoms with van der Waals surface area (Å²) >= 11 is 0. The van der Waals surface area contributed by atoms with Gasteiger partial charge in [-0.3, -0.25) is 9.10 Å². The van der Waals surface area contributed by atoms with Crippen LogP contribution in [0.15, 0.2) is 36.4 Å². The third kappa shape index (κ3) is 4.28. The summed E-state index contributed by atoms with van der Waals surface area (Å²) in [6.07, 6.45) is 1.57. The number of rotatable bonds is 5. The minimum Gasteiger partial charge on any atom is -0.452 e. The number of halogens is 2. The average molecular weight is 410 g/mol. The summed E-state index contributed by atoms with van der Waals surface area (Å²) in [6.45, 7) is -0.326. The first-order valence-corrected chi connectivity index (χ1v) is 10.0. The molecule has 0 saturated carbocycles. The van der Waals surface area contributed by atoms with Gasteiger partial charge in [-0.25, -0.2) is 22.0 Å². The Bertz CT molecular complexity index is 1060. The Labute approximate surface area is 160 Å². The highest BCUT2D eigenvalue weighted by atomic mass is 32.2. The molecule has 2 aromatic rings. The van der Waals surface area contributed by atoms with Crippen LogP contribution in [0.5, 0.6) is 0 Å². The quantitative estimate of drug-likeness (QED) is 0.762. The fourth-order valence-electron chi connectivity index (χ4n) is 2.83. The lowest BCUT2D eigenvalue weighted by molar-refractivity contribution is -0.119. The molecule has 0 fully saturated rings. The molecule has 0 saturated heterocycles. The predicted octanol–water partition coefficient (Wildman–Crippen LogP) is 2.08. The smallest absolute Gasteiger partial charge is 0.338 e. The van der Waals surface area contributed by atoms with Crippen LogP contribution in [0, 0.1) is 11.6 Å². The van der Waals surface area contributed by atoms with Crippen molar-refractivity contribution in [2.45, 2.75) is 6.42 Å². The Morgan fingerprint density at radius 2 is 1.89 bits per heavy atom. The molecule has 1 heterocycles. The number of sulfonamides is 1. The van der Waals surface area contributed by atoms with Crippen molar-refractivity contribution in [3.63, 3.8) is 0 Å². The Kier molecular flexibility index (Phi) is 5.32. The first-order valence-electron chi connectivity index (χ1n) is 8.18. The molecule has 0 aromatic heterocycles. The number of benzene rings is 2. The zero-order valence-corrected chi connectivity index (χ0v) is 15.6. The van der Waals surface area contributed by atoms with Crippen LogP contribution in [0.25, 0.3) is 0 Å². The lowest BCUT2D eigenvalue weighted by Gasteiger charge is -2.16. The van der Waals surface area contributed by atoms with Crippen LogP contribution in [-0.4, -0.2) is 39.7 Å². The van der Waals surface area contributed by atoms with E-state index >= 15 is 0 Å². The average Bonchev–Trinajstić information content (AvgIpc) is 3.06. The van der Waals surface area contributed by atoms with Crippen LogP contribution < -0.4 is 9.62 Å². The number of carbonyl (C=O) groups excluding carboxylic acids is 2. The highest BCUT2D eigenvalue weighted by molar-refractivity contribution is 7.92. The van der Waals surface area contributed by atoms with Gasteiger partial charge in [0.15, 0.2) is 18.2 Å². The van der Waals surface area contributed by atoms with E-state index in [0.29, 0.717) is 24.2 Å². The molecule has 0 radical (unpaired) electrons. The molecule has 7 nitrogen and oxygen atoms in total. The Morgan fingerprint density at radius 3 is 2.57 bits per heavy atom. The van der Waals surface area contributed by atoms with E-state index in [1.165, 1.54) is 28.6 Å². The molecule has 3 rings (SSSR count). The van der Waals surface area contributed by atoms with Gasteiger partial charge in [-0.1, -0.05) is 0 Å². The van der Waals surface area contributed by atoms with Crippen LogP contribution in [0.3, 0.4) is 0 Å². The highest BCUT2D eigenvalue weighted by Gasteiger charge is 2.27. The molecule has 148 valence electrons. The molecule has 1 aliphatic rings. The normalized spacial score (nSPS) is 13.2. The fourth-order valence-corrected chi connectivity index (χ4v) is 3.79. The summed E-state index contributed by atoms with van der Waals surface area (Å²) in [5.74, 6) is -3.64. The molecule has 0 unspecified atom stereocenters. The molecule has 0 spiro atoms. The molecule has 0 aliphatic carbocycles. The molecule has 2 aromatic carbocycles. The monoisotopic (exact) mass is 410 g/mol. The van der Waals surface area contributed by atoms with Gasteiger partial charge in [0.2, 0.25) is 10.0 Å². The van der Waals surface area contributed by atoms with Gasteiger partial charge >= 0.3 is 5.97 Å². The molecule has 28 heavy (non-hydrogen) atoms. The third-order valence-electron chi connectivity index (χ3n) is 4.11. The minimum absolute atomic E-state index is 0.0262. The van der Waals surface area contributed by atoms with E-state index in [2.05, 4.69) is 5.32 Å². The van der Waals surface area contributed by atoms with Gasteiger partial charge in [0.1, 0.15) is 0 Å². The SMILES string of the molecule is CS(=O)(=O)N1CCc2cc(C(=O)OCC(=O)Nc3ccc(F)c(F)c3)ccc21. The second kappa shape index (κ2) is 7.55. The van der Waals surface area contributed by atoms with Crippen molar-refractivity contribution in [3.05, 3.63) is 59.2 Å². The van der Waals surface area contributed by atoms with E-state index in [0.717, 1.165) is 18.4 Å². The van der Waals surface area contributed by atoms with Gasteiger partial charge in [-0.2, -0.15) is 0 Å². The molecule has 1 aliphatic heterocycles. The maximum absolute atomic E-state index is 13.1. The standard InChI is InChI=1S/C18H16F2N2O5S/c1-28(25,26)22-7-6-11-8-12(2-5-16(11)22)18(24)27-10-17(23)21-13-3-4-14(19)15(20)9-13/h2-5,8-9H,6-7,10H2,1H3,(H,21,23). The maximum Gasteiger partial charge on any atom is 0.338 e. The van der Waals surface area contributed by atoms with Crippen molar-refractivity contribution in [1.82, 2.24) is 0 Å².